The highest BCUT2D eigenvalue weighted by molar-refractivity contribution is 9.10. The number of aromatic nitrogens is 3. The van der Waals surface area contributed by atoms with Gasteiger partial charge in [0.15, 0.2) is 17.1 Å². The first-order valence-corrected chi connectivity index (χ1v) is 10.6. The SMILES string of the molecule is C[C@@H](Oc1ccccc1Cl)c1nnc(SCC(=O)Nc2ccc(Br)cc2)n1C. The molecule has 2 aromatic carbocycles. The maximum absolute atomic E-state index is 12.2. The van der Waals surface area contributed by atoms with E-state index in [0.717, 1.165) is 10.2 Å². The lowest BCUT2D eigenvalue weighted by Crippen LogP contribution is -2.14. The van der Waals surface area contributed by atoms with Gasteiger partial charge in [0.05, 0.1) is 10.8 Å². The smallest absolute Gasteiger partial charge is 0.234 e. The van der Waals surface area contributed by atoms with E-state index in [1.807, 2.05) is 54.9 Å². The first-order valence-electron chi connectivity index (χ1n) is 8.42. The fourth-order valence-electron chi connectivity index (χ4n) is 2.45. The van der Waals surface area contributed by atoms with Gasteiger partial charge in [-0.25, -0.2) is 0 Å². The van der Waals surface area contributed by atoms with Crippen molar-refractivity contribution in [2.45, 2.75) is 18.2 Å². The Kier molecular flexibility index (Phi) is 6.98. The van der Waals surface area contributed by atoms with Crippen LogP contribution in [-0.4, -0.2) is 26.4 Å². The number of amides is 1. The predicted octanol–water partition coefficient (Wildman–Crippen LogP) is 5.10. The number of nitrogens with zero attached hydrogens (tertiary/aromatic N) is 3. The van der Waals surface area contributed by atoms with Crippen molar-refractivity contribution in [3.63, 3.8) is 0 Å². The van der Waals surface area contributed by atoms with E-state index in [-0.39, 0.29) is 17.8 Å². The van der Waals surface area contributed by atoms with E-state index >= 15 is 0 Å². The zero-order valence-corrected chi connectivity index (χ0v) is 18.4. The van der Waals surface area contributed by atoms with Crippen LogP contribution in [0.3, 0.4) is 0 Å². The average Bonchev–Trinajstić information content (AvgIpc) is 3.04. The number of carbonyl (C=O) groups excluding carboxylic acids is 1. The molecule has 28 heavy (non-hydrogen) atoms. The highest BCUT2D eigenvalue weighted by Crippen LogP contribution is 2.29. The molecule has 3 rings (SSSR count). The Labute approximate surface area is 180 Å². The molecule has 9 heteroatoms. The average molecular weight is 482 g/mol. The summed E-state index contributed by atoms with van der Waals surface area (Å²) in [6, 6.07) is 14.7. The Balaban J connectivity index is 1.58. The van der Waals surface area contributed by atoms with Crippen LogP contribution in [-0.2, 0) is 11.8 Å². The van der Waals surface area contributed by atoms with Crippen molar-refractivity contribution in [3.8, 4) is 5.75 Å². The van der Waals surface area contributed by atoms with Gasteiger partial charge in [-0.2, -0.15) is 0 Å². The fraction of sp³-hybridized carbons (Fsp3) is 0.211. The molecule has 1 heterocycles. The summed E-state index contributed by atoms with van der Waals surface area (Å²) in [4.78, 5) is 12.2. The molecule has 3 aromatic rings. The van der Waals surface area contributed by atoms with Crippen molar-refractivity contribution in [1.29, 1.82) is 0 Å². The summed E-state index contributed by atoms with van der Waals surface area (Å²) >= 11 is 10.8. The number of para-hydroxylation sites is 1. The number of nitrogens with one attached hydrogen (secondary N) is 1. The van der Waals surface area contributed by atoms with Gasteiger partial charge in [-0.3, -0.25) is 4.79 Å². The molecule has 0 saturated heterocycles. The number of hydrogen-bond donors (Lipinski definition) is 1. The molecule has 0 unspecified atom stereocenters. The lowest BCUT2D eigenvalue weighted by molar-refractivity contribution is -0.113. The number of thioether (sulfide) groups is 1. The standard InChI is InChI=1S/C19H18BrClN4O2S/c1-12(27-16-6-4-3-5-15(16)21)18-23-24-19(25(18)2)28-11-17(26)22-14-9-7-13(20)8-10-14/h3-10,12H,11H2,1-2H3,(H,22,26)/t12-/m1/s1. The van der Waals surface area contributed by atoms with Crippen LogP contribution in [0, 0.1) is 0 Å². The fourth-order valence-corrected chi connectivity index (χ4v) is 3.61. The molecule has 0 fully saturated rings. The van der Waals surface area contributed by atoms with Crippen LogP contribution in [0.4, 0.5) is 5.69 Å². The lowest BCUT2D eigenvalue weighted by Gasteiger charge is -2.15. The van der Waals surface area contributed by atoms with E-state index in [2.05, 4.69) is 31.4 Å². The van der Waals surface area contributed by atoms with E-state index in [4.69, 9.17) is 16.3 Å². The summed E-state index contributed by atoms with van der Waals surface area (Å²) in [5.41, 5.74) is 0.745. The van der Waals surface area contributed by atoms with Gasteiger partial charge >= 0.3 is 0 Å². The third kappa shape index (κ3) is 5.27. The number of ether oxygens (including phenoxy) is 1. The summed E-state index contributed by atoms with van der Waals surface area (Å²) in [7, 11) is 1.84. The summed E-state index contributed by atoms with van der Waals surface area (Å²) in [5, 5.41) is 12.4. The molecular formula is C19H18BrClN4O2S. The molecule has 0 radical (unpaired) electrons. The third-order valence-electron chi connectivity index (χ3n) is 3.83. The van der Waals surface area contributed by atoms with Gasteiger partial charge < -0.3 is 14.6 Å². The second kappa shape index (κ2) is 9.45. The van der Waals surface area contributed by atoms with Crippen molar-refractivity contribution in [2.75, 3.05) is 11.1 Å². The molecule has 1 N–H and O–H groups in total. The van der Waals surface area contributed by atoms with Crippen LogP contribution in [0.25, 0.3) is 0 Å². The molecule has 0 aliphatic rings. The number of anilines is 1. The summed E-state index contributed by atoms with van der Waals surface area (Å²) in [6.07, 6.45) is -0.344. The number of hydrogen-bond acceptors (Lipinski definition) is 5. The second-order valence-electron chi connectivity index (χ2n) is 5.93. The summed E-state index contributed by atoms with van der Waals surface area (Å²) in [6.45, 7) is 1.88. The van der Waals surface area contributed by atoms with Crippen molar-refractivity contribution < 1.29 is 9.53 Å². The Morgan fingerprint density at radius 2 is 1.96 bits per heavy atom. The van der Waals surface area contributed by atoms with Gasteiger partial charge in [0, 0.05) is 17.2 Å². The largest absolute Gasteiger partial charge is 0.481 e. The lowest BCUT2D eigenvalue weighted by atomic mass is 10.3. The van der Waals surface area contributed by atoms with E-state index in [1.54, 1.807) is 12.1 Å². The van der Waals surface area contributed by atoms with E-state index in [0.29, 0.717) is 21.8 Å². The third-order valence-corrected chi connectivity index (χ3v) is 5.69. The van der Waals surface area contributed by atoms with Gasteiger partial charge in [0.2, 0.25) is 5.91 Å². The second-order valence-corrected chi connectivity index (χ2v) is 8.20. The molecule has 0 saturated carbocycles. The first-order chi connectivity index (χ1) is 13.4. The molecule has 0 aliphatic carbocycles. The van der Waals surface area contributed by atoms with Gasteiger partial charge in [-0.15, -0.1) is 10.2 Å². The quantitative estimate of drug-likeness (QED) is 0.475. The van der Waals surface area contributed by atoms with E-state index in [9.17, 15) is 4.79 Å². The zero-order valence-electron chi connectivity index (χ0n) is 15.2. The number of rotatable bonds is 7. The summed E-state index contributed by atoms with van der Waals surface area (Å²) < 4.78 is 8.67. The normalized spacial score (nSPS) is 11.9. The highest BCUT2D eigenvalue weighted by Gasteiger charge is 2.18. The van der Waals surface area contributed by atoms with E-state index < -0.39 is 0 Å². The van der Waals surface area contributed by atoms with Crippen LogP contribution in [0.5, 0.6) is 5.75 Å². The van der Waals surface area contributed by atoms with Gasteiger partial charge in [0.1, 0.15) is 5.75 Å². The Morgan fingerprint density at radius 1 is 1.25 bits per heavy atom. The van der Waals surface area contributed by atoms with Gasteiger partial charge in [0.25, 0.3) is 0 Å². The van der Waals surface area contributed by atoms with E-state index in [1.165, 1.54) is 11.8 Å². The topological polar surface area (TPSA) is 69.0 Å². The van der Waals surface area contributed by atoms with Crippen molar-refractivity contribution >= 4 is 50.9 Å². The highest BCUT2D eigenvalue weighted by atomic mass is 79.9. The van der Waals surface area contributed by atoms with Crippen LogP contribution in [0.2, 0.25) is 5.02 Å². The van der Waals surface area contributed by atoms with Crippen molar-refractivity contribution in [2.24, 2.45) is 7.05 Å². The zero-order chi connectivity index (χ0) is 20.1. The van der Waals surface area contributed by atoms with Crippen molar-refractivity contribution in [3.05, 3.63) is 63.9 Å². The molecule has 1 amide bonds. The molecule has 6 nitrogen and oxygen atoms in total. The van der Waals surface area contributed by atoms with Crippen LogP contribution in [0.15, 0.2) is 58.2 Å². The Hall–Kier alpha value is -2.03. The minimum atomic E-state index is -0.344. The van der Waals surface area contributed by atoms with Crippen molar-refractivity contribution in [1.82, 2.24) is 14.8 Å². The molecule has 1 aromatic heterocycles. The predicted molar refractivity (Wildman–Crippen MR) is 115 cm³/mol. The maximum atomic E-state index is 12.2. The molecule has 146 valence electrons. The first kappa shape index (κ1) is 20.7. The molecule has 0 bridgehead atoms. The van der Waals surface area contributed by atoms with Gasteiger partial charge in [-0.05, 0) is 43.3 Å². The Morgan fingerprint density at radius 3 is 2.68 bits per heavy atom. The minimum absolute atomic E-state index is 0.114. The molecular weight excluding hydrogens is 464 g/mol. The van der Waals surface area contributed by atoms with Crippen LogP contribution in [0.1, 0.15) is 18.9 Å². The maximum Gasteiger partial charge on any atom is 0.234 e. The van der Waals surface area contributed by atoms with Crippen LogP contribution < -0.4 is 10.1 Å². The number of halogens is 2. The Bertz CT molecular complexity index is 965. The minimum Gasteiger partial charge on any atom is -0.481 e. The molecule has 0 aliphatic heterocycles. The number of benzene rings is 2. The molecule has 1 atom stereocenters. The summed E-state index contributed by atoms with van der Waals surface area (Å²) in [5.74, 6) is 1.35. The molecule has 0 spiro atoms. The van der Waals surface area contributed by atoms with Crippen LogP contribution >= 0.6 is 39.3 Å². The van der Waals surface area contributed by atoms with Gasteiger partial charge in [-0.1, -0.05) is 51.4 Å². The monoisotopic (exact) mass is 480 g/mol. The number of carbonyl (C=O) groups is 1.